The van der Waals surface area contributed by atoms with E-state index in [4.69, 9.17) is 31.0 Å². The molecule has 0 radical (unpaired) electrons. The number of amides is 1. The van der Waals surface area contributed by atoms with Gasteiger partial charge in [0.05, 0.1) is 12.3 Å². The molecule has 0 fully saturated rings. The summed E-state index contributed by atoms with van der Waals surface area (Å²) in [4.78, 5) is 14.3. The van der Waals surface area contributed by atoms with Crippen molar-refractivity contribution in [2.24, 2.45) is 5.73 Å². The zero-order chi connectivity index (χ0) is 34.1. The summed E-state index contributed by atoms with van der Waals surface area (Å²) in [5.41, 5.74) is 5.66. The second kappa shape index (κ2) is 36.2. The predicted molar refractivity (Wildman–Crippen MR) is 249 cm³/mol. The maximum atomic E-state index is 12.1. The fraction of sp³-hybridized carbons (Fsp3) is 0.914. The second-order valence-electron chi connectivity index (χ2n) is 14.0. The lowest BCUT2D eigenvalue weighted by atomic mass is 10.3. The minimum Gasteiger partial charge on any atom is -0.437 e. The molecule has 2 atom stereocenters. The number of hydrogen-bond acceptors (Lipinski definition) is 8. The third kappa shape index (κ3) is 50.3. The summed E-state index contributed by atoms with van der Waals surface area (Å²) in [5.74, 6) is -0.443. The van der Waals surface area contributed by atoms with Crippen molar-refractivity contribution in [1.82, 2.24) is 4.90 Å². The highest BCUT2D eigenvalue weighted by atomic mass is 28.5. The van der Waals surface area contributed by atoms with Gasteiger partial charge in [0.1, 0.15) is 0 Å². The van der Waals surface area contributed by atoms with Crippen LogP contribution in [0.15, 0.2) is 13.2 Å². The first kappa shape index (κ1) is 79.1. The molecule has 0 saturated carbocycles. The number of unbranched alkanes of at least 4 members (excludes halogenated alkanes) is 2. The first-order valence-corrected chi connectivity index (χ1v) is 32.8. The van der Waals surface area contributed by atoms with Crippen molar-refractivity contribution in [3.63, 3.8) is 0 Å². The lowest BCUT2D eigenvalue weighted by Gasteiger charge is -2.44. The fourth-order valence-electron chi connectivity index (χ4n) is 4.66. The Balaban J connectivity index is -0.0000000952. The van der Waals surface area contributed by atoms with Gasteiger partial charge in [0, 0.05) is 6.61 Å². The van der Waals surface area contributed by atoms with E-state index in [0.29, 0.717) is 12.8 Å². The smallest absolute Gasteiger partial charge is 0.344 e. The Labute approximate surface area is 326 Å². The first-order valence-electron chi connectivity index (χ1n) is 15.3. The van der Waals surface area contributed by atoms with Gasteiger partial charge in [-0.3, -0.25) is 4.79 Å². The number of carbonyl (C=O) groups excluding carboxylic acids is 1. The number of nitrogens with zero attached hydrogens (tertiary/aromatic N) is 1. The highest BCUT2D eigenvalue weighted by Gasteiger charge is 2.51. The summed E-state index contributed by atoms with van der Waals surface area (Å²) < 4.78 is 39.1. The molecule has 9 nitrogen and oxygen atoms in total. The van der Waals surface area contributed by atoms with Crippen molar-refractivity contribution in [2.45, 2.75) is 184 Å². The minimum absolute atomic E-state index is 0. The van der Waals surface area contributed by atoms with E-state index in [-0.39, 0.29) is 65.5 Å². The zero-order valence-electron chi connectivity index (χ0n) is 30.5. The van der Waals surface area contributed by atoms with Gasteiger partial charge in [-0.25, -0.2) is 0 Å². The van der Waals surface area contributed by atoms with Crippen LogP contribution < -0.4 is 5.73 Å². The van der Waals surface area contributed by atoms with Gasteiger partial charge in [0.25, 0.3) is 0 Å². The van der Waals surface area contributed by atoms with Crippen LogP contribution in [0.2, 0.25) is 84.6 Å². The minimum atomic E-state index is -3.10. The number of rotatable bonds is 20. The third-order valence-electron chi connectivity index (χ3n) is 4.88. The highest BCUT2D eigenvalue weighted by Crippen LogP contribution is 2.29. The molecule has 50 heavy (non-hydrogen) atoms. The second-order valence-corrected chi connectivity index (χ2v) is 37.3. The van der Waals surface area contributed by atoms with Gasteiger partial charge >= 0.3 is 34.2 Å². The van der Waals surface area contributed by atoms with Crippen molar-refractivity contribution in [2.75, 3.05) is 33.5 Å². The van der Waals surface area contributed by atoms with Gasteiger partial charge in [0.2, 0.25) is 5.91 Å². The van der Waals surface area contributed by atoms with Gasteiger partial charge < -0.3 is 35.9 Å². The largest absolute Gasteiger partial charge is 0.437 e. The van der Waals surface area contributed by atoms with E-state index >= 15 is 0 Å². The van der Waals surface area contributed by atoms with Crippen LogP contribution in [0.3, 0.4) is 0 Å². The molecule has 0 heterocycles. The molecule has 0 spiro atoms. The highest BCUT2D eigenvalue weighted by molar-refractivity contribution is 6.92. The van der Waals surface area contributed by atoms with Crippen molar-refractivity contribution < 1.29 is 30.1 Å². The molecule has 318 valence electrons. The summed E-state index contributed by atoms with van der Waals surface area (Å²) in [6, 6.07) is 0.0388. The maximum absolute atomic E-state index is 12.1. The van der Waals surface area contributed by atoms with Crippen LogP contribution in [-0.4, -0.2) is 95.2 Å². The summed E-state index contributed by atoms with van der Waals surface area (Å²) in [7, 11) is -10.7. The van der Waals surface area contributed by atoms with Crippen LogP contribution in [0.4, 0.5) is 0 Å². The number of hydrogen-bond donors (Lipinski definition) is 1. The third-order valence-corrected chi connectivity index (χ3v) is 26.3. The Morgan fingerprint density at radius 2 is 0.940 bits per heavy atom. The molecule has 0 aromatic heterocycles. The van der Waals surface area contributed by atoms with E-state index in [2.05, 4.69) is 98.4 Å². The van der Waals surface area contributed by atoms with Crippen LogP contribution >= 0.6 is 0 Å². The molecule has 0 aliphatic rings. The summed E-state index contributed by atoms with van der Waals surface area (Å²) in [6.45, 7) is 37.1. The van der Waals surface area contributed by atoms with Gasteiger partial charge in [-0.05, 0) is 112 Å². The van der Waals surface area contributed by atoms with Gasteiger partial charge in [0.15, 0.2) is 16.6 Å². The van der Waals surface area contributed by atoms with Crippen LogP contribution in [0.1, 0.15) is 98.9 Å². The van der Waals surface area contributed by atoms with Crippen molar-refractivity contribution in [3.8, 4) is 0 Å². The lowest BCUT2D eigenvalue weighted by molar-refractivity contribution is -0.116. The molecule has 0 rings (SSSR count). The Bertz CT molecular complexity index is 741. The summed E-state index contributed by atoms with van der Waals surface area (Å²) in [6.07, 6.45) is 4.84. The van der Waals surface area contributed by atoms with Crippen LogP contribution in [0.5, 0.6) is 0 Å². The molecule has 0 bridgehead atoms. The van der Waals surface area contributed by atoms with Crippen LogP contribution in [0.25, 0.3) is 0 Å². The summed E-state index contributed by atoms with van der Waals surface area (Å²) in [5, 5.41) is 0. The van der Waals surface area contributed by atoms with Gasteiger partial charge in [-0.1, -0.05) is 86.1 Å². The monoisotopic (exact) mass is 831 g/mol. The fourth-order valence-corrected chi connectivity index (χ4v) is 32.8. The van der Waals surface area contributed by atoms with Crippen LogP contribution in [-0.2, 0) is 30.1 Å². The molecule has 0 aromatic carbocycles. The molecule has 0 aromatic rings. The van der Waals surface area contributed by atoms with E-state index in [9.17, 15) is 4.79 Å². The Hall–Kier alpha value is 0.231. The quantitative estimate of drug-likeness (QED) is 0.0735. The first-order chi connectivity index (χ1) is 18.8. The Morgan fingerprint density at radius 1 is 0.580 bits per heavy atom. The Kier molecular flexibility index (Phi) is 57.3. The molecular formula is C35H102N2O7Si6. The van der Waals surface area contributed by atoms with Crippen molar-refractivity contribution in [3.05, 3.63) is 13.2 Å². The van der Waals surface area contributed by atoms with Gasteiger partial charge in [-0.2, -0.15) is 0 Å². The van der Waals surface area contributed by atoms with E-state index in [1.54, 1.807) is 0 Å². The number of primary amides is 1. The average molecular weight is 832 g/mol. The number of ether oxygens (including phenoxy) is 1. The normalized spacial score (nSPS) is 13.1. The molecule has 2 unspecified atom stereocenters. The lowest BCUT2D eigenvalue weighted by Crippen LogP contribution is -2.64. The van der Waals surface area contributed by atoms with E-state index < -0.39 is 56.8 Å². The maximum Gasteiger partial charge on any atom is 0.344 e. The predicted octanol–water partition coefficient (Wildman–Crippen LogP) is 12.4. The number of carbonyl (C=O) groups is 1. The molecule has 15 heteroatoms. The Morgan fingerprint density at radius 3 is 1.20 bits per heavy atom. The molecular weight excluding hydrogens is 729 g/mol. The van der Waals surface area contributed by atoms with Crippen LogP contribution in [0, 0.1) is 0 Å². The molecule has 0 saturated heterocycles. The van der Waals surface area contributed by atoms with Gasteiger partial charge in [-0.15, -0.1) is 13.2 Å². The summed E-state index contributed by atoms with van der Waals surface area (Å²) >= 11 is 0. The molecule has 0 aliphatic carbocycles. The van der Waals surface area contributed by atoms with Crippen molar-refractivity contribution >= 4 is 56.8 Å². The average Bonchev–Trinajstić information content (AvgIpc) is 2.69. The number of nitrogens with two attached hydrogens (primary N) is 1. The zero-order valence-corrected chi connectivity index (χ0v) is 36.5. The molecule has 0 aliphatic heterocycles. The van der Waals surface area contributed by atoms with E-state index in [0.717, 1.165) is 19.3 Å². The van der Waals surface area contributed by atoms with Crippen molar-refractivity contribution in [1.29, 1.82) is 0 Å². The molecule has 1 amide bonds. The standard InChI is InChI=1S/C20H53NO7Si6.C5H13N.C2H4.8CH4/c1-14-15-16-17-23-19-34(13,27-32(10,11)25-30(5,6)7)28-33(12,18-20(21)22)26-31(8,9)24-29(2,3)4;1-4-5-6(2)3;1-2;;;;;;;;/h14-19H2,1-13H3,(H2,21,22);4-5H2,1-3H3;1-2H2;8*1H4. The van der Waals surface area contributed by atoms with E-state index in [1.807, 2.05) is 26.2 Å². The SMILES string of the molecule is C.C.C.C.C.C.C.C.C=C.CCCCCOC[Si](C)(O[Si](C)(C)O[Si](C)(C)C)O[Si](C)(CC(N)=O)O[Si](C)(C)O[Si](C)(C)C.CCCN(C)C. The molecule has 2 N–H and O–H groups in total. The van der Waals surface area contributed by atoms with E-state index in [1.165, 1.54) is 13.0 Å². The topological polar surface area (TPSA) is 102 Å².